The predicted molar refractivity (Wildman–Crippen MR) is 133 cm³/mol. The van der Waals surface area contributed by atoms with Crippen molar-refractivity contribution in [2.75, 3.05) is 0 Å². The van der Waals surface area contributed by atoms with Crippen molar-refractivity contribution in [2.45, 2.75) is 70.4 Å². The van der Waals surface area contributed by atoms with Crippen LogP contribution in [-0.4, -0.2) is 31.1 Å². The quantitative estimate of drug-likeness (QED) is 0.425. The monoisotopic (exact) mass is 457 g/mol. The third-order valence-corrected chi connectivity index (χ3v) is 6.84. The van der Waals surface area contributed by atoms with Crippen molar-refractivity contribution in [3.05, 3.63) is 76.3 Å². The minimum absolute atomic E-state index is 0.0605. The van der Waals surface area contributed by atoms with E-state index in [1.807, 2.05) is 46.9 Å². The van der Waals surface area contributed by atoms with E-state index in [9.17, 15) is 9.59 Å². The second-order valence-electron chi connectivity index (χ2n) is 9.22. The highest BCUT2D eigenvalue weighted by Crippen LogP contribution is 2.18. The van der Waals surface area contributed by atoms with Crippen LogP contribution in [0.25, 0.3) is 16.7 Å². The fourth-order valence-corrected chi connectivity index (χ4v) is 5.01. The summed E-state index contributed by atoms with van der Waals surface area (Å²) in [4.78, 5) is 26.0. The molecule has 176 valence electrons. The lowest BCUT2D eigenvalue weighted by Crippen LogP contribution is -2.34. The minimum atomic E-state index is -0.0657. The number of aromatic nitrogens is 4. The van der Waals surface area contributed by atoms with Gasteiger partial charge in [0.15, 0.2) is 0 Å². The molecule has 2 aromatic heterocycles. The molecule has 0 radical (unpaired) electrons. The van der Waals surface area contributed by atoms with Crippen LogP contribution in [0.3, 0.4) is 0 Å². The van der Waals surface area contributed by atoms with E-state index in [4.69, 9.17) is 0 Å². The highest BCUT2D eigenvalue weighted by molar-refractivity contribution is 5.80. The Kier molecular flexibility index (Phi) is 6.70. The lowest BCUT2D eigenvalue weighted by Gasteiger charge is -2.16. The Morgan fingerprint density at radius 2 is 1.65 bits per heavy atom. The molecule has 0 atom stereocenters. The van der Waals surface area contributed by atoms with Crippen LogP contribution < -0.4 is 10.9 Å². The standard InChI is InChI=1S/C27H31N5O2/c33-25(28-21-12-6-1-2-7-13-21)17-16-24-29-30-27-31(19-18-20-10-4-3-5-11-20)26(34)22-14-8-9-15-23(22)32(24)27/h3-5,8-11,14-15,21H,1-2,6-7,12-13,16-19H2,(H,28,33). The minimum Gasteiger partial charge on any atom is -0.353 e. The molecule has 5 rings (SSSR count). The number of fused-ring (bicyclic) bond motifs is 3. The number of rotatable bonds is 7. The molecule has 0 aliphatic heterocycles. The number of nitrogens with one attached hydrogen (secondary N) is 1. The zero-order valence-electron chi connectivity index (χ0n) is 19.4. The van der Waals surface area contributed by atoms with Gasteiger partial charge in [0, 0.05) is 25.4 Å². The normalized spacial score (nSPS) is 14.9. The fourth-order valence-electron chi connectivity index (χ4n) is 5.01. The summed E-state index contributed by atoms with van der Waals surface area (Å²) in [7, 11) is 0. The molecule has 34 heavy (non-hydrogen) atoms. The van der Waals surface area contributed by atoms with Gasteiger partial charge in [-0.3, -0.25) is 18.6 Å². The summed E-state index contributed by atoms with van der Waals surface area (Å²) in [6.07, 6.45) is 8.58. The van der Waals surface area contributed by atoms with Gasteiger partial charge in [-0.25, -0.2) is 0 Å². The number of nitrogens with zero attached hydrogens (tertiary/aromatic N) is 4. The van der Waals surface area contributed by atoms with Crippen LogP contribution in [0.15, 0.2) is 59.4 Å². The molecule has 0 bridgehead atoms. The molecule has 1 N–H and O–H groups in total. The fraction of sp³-hybridized carbons (Fsp3) is 0.407. The van der Waals surface area contributed by atoms with E-state index in [-0.39, 0.29) is 17.5 Å². The van der Waals surface area contributed by atoms with Gasteiger partial charge in [-0.1, -0.05) is 68.1 Å². The summed E-state index contributed by atoms with van der Waals surface area (Å²) in [6, 6.07) is 18.0. The summed E-state index contributed by atoms with van der Waals surface area (Å²) in [5.74, 6) is 1.29. The molecule has 0 unspecified atom stereocenters. The van der Waals surface area contributed by atoms with Crippen LogP contribution in [0.4, 0.5) is 0 Å². The van der Waals surface area contributed by atoms with Crippen LogP contribution >= 0.6 is 0 Å². The predicted octanol–water partition coefficient (Wildman–Crippen LogP) is 4.06. The van der Waals surface area contributed by atoms with Crippen LogP contribution in [0.5, 0.6) is 0 Å². The molecular weight excluding hydrogens is 426 g/mol. The number of carbonyl (C=O) groups is 1. The third-order valence-electron chi connectivity index (χ3n) is 6.84. The topological polar surface area (TPSA) is 81.3 Å². The maximum atomic E-state index is 13.3. The first-order valence-corrected chi connectivity index (χ1v) is 12.4. The van der Waals surface area contributed by atoms with E-state index in [2.05, 4.69) is 27.6 Å². The maximum Gasteiger partial charge on any atom is 0.262 e. The van der Waals surface area contributed by atoms with Crippen LogP contribution in [0.2, 0.25) is 0 Å². The van der Waals surface area contributed by atoms with Gasteiger partial charge in [0.2, 0.25) is 11.7 Å². The number of benzene rings is 2. The summed E-state index contributed by atoms with van der Waals surface area (Å²) in [5.41, 5.74) is 1.88. The Hall–Kier alpha value is -3.48. The van der Waals surface area contributed by atoms with E-state index >= 15 is 0 Å². The van der Waals surface area contributed by atoms with Gasteiger partial charge in [0.1, 0.15) is 5.82 Å². The zero-order chi connectivity index (χ0) is 23.3. The molecule has 2 heterocycles. The first kappa shape index (κ1) is 22.3. The van der Waals surface area contributed by atoms with Crippen molar-refractivity contribution in [1.29, 1.82) is 0 Å². The van der Waals surface area contributed by atoms with Crippen LogP contribution in [-0.2, 0) is 24.2 Å². The highest BCUT2D eigenvalue weighted by atomic mass is 16.1. The number of para-hydroxylation sites is 1. The maximum absolute atomic E-state index is 13.3. The van der Waals surface area contributed by atoms with Crippen molar-refractivity contribution in [1.82, 2.24) is 24.5 Å². The Bertz CT molecular complexity index is 1330. The third kappa shape index (κ3) is 4.74. The average Bonchev–Trinajstić information content (AvgIpc) is 3.12. The van der Waals surface area contributed by atoms with E-state index < -0.39 is 0 Å². The van der Waals surface area contributed by atoms with Gasteiger partial charge in [-0.05, 0) is 37.0 Å². The number of hydrogen-bond acceptors (Lipinski definition) is 4. The molecule has 2 aromatic carbocycles. The summed E-state index contributed by atoms with van der Waals surface area (Å²) in [5, 5.41) is 12.6. The van der Waals surface area contributed by atoms with Crippen molar-refractivity contribution >= 4 is 22.6 Å². The Morgan fingerprint density at radius 3 is 2.44 bits per heavy atom. The molecule has 1 aliphatic carbocycles. The lowest BCUT2D eigenvalue weighted by molar-refractivity contribution is -0.121. The SMILES string of the molecule is O=C(CCc1nnc2n(CCc3ccccc3)c(=O)c3ccccc3n12)NC1CCCCCC1. The number of hydrogen-bond donors (Lipinski definition) is 1. The van der Waals surface area contributed by atoms with E-state index in [0.29, 0.717) is 36.4 Å². The highest BCUT2D eigenvalue weighted by Gasteiger charge is 2.19. The van der Waals surface area contributed by atoms with Crippen molar-refractivity contribution in [3.63, 3.8) is 0 Å². The van der Waals surface area contributed by atoms with Gasteiger partial charge in [0.05, 0.1) is 10.9 Å². The molecular formula is C27H31N5O2. The van der Waals surface area contributed by atoms with Crippen molar-refractivity contribution in [2.24, 2.45) is 0 Å². The number of carbonyl (C=O) groups excluding carboxylic acids is 1. The Balaban J connectivity index is 1.41. The number of aryl methyl sites for hydroxylation is 3. The largest absolute Gasteiger partial charge is 0.353 e. The molecule has 0 saturated heterocycles. The van der Waals surface area contributed by atoms with E-state index in [1.54, 1.807) is 4.57 Å². The Morgan fingerprint density at radius 1 is 0.912 bits per heavy atom. The first-order chi connectivity index (χ1) is 16.7. The van der Waals surface area contributed by atoms with Crippen LogP contribution in [0.1, 0.15) is 56.3 Å². The van der Waals surface area contributed by atoms with Gasteiger partial charge in [-0.15, -0.1) is 10.2 Å². The molecule has 1 aliphatic rings. The van der Waals surface area contributed by atoms with Crippen molar-refractivity contribution < 1.29 is 4.79 Å². The smallest absolute Gasteiger partial charge is 0.262 e. The first-order valence-electron chi connectivity index (χ1n) is 12.4. The summed E-state index contributed by atoms with van der Waals surface area (Å²) in [6.45, 7) is 0.511. The molecule has 1 saturated carbocycles. The molecule has 4 aromatic rings. The molecule has 0 spiro atoms. The second-order valence-corrected chi connectivity index (χ2v) is 9.22. The zero-order valence-corrected chi connectivity index (χ0v) is 19.4. The lowest BCUT2D eigenvalue weighted by atomic mass is 10.1. The van der Waals surface area contributed by atoms with Gasteiger partial charge in [0.25, 0.3) is 5.56 Å². The van der Waals surface area contributed by atoms with Crippen LogP contribution in [0, 0.1) is 0 Å². The Labute approximate surface area is 198 Å². The van der Waals surface area contributed by atoms with Gasteiger partial charge in [-0.2, -0.15) is 0 Å². The molecule has 7 nitrogen and oxygen atoms in total. The van der Waals surface area contributed by atoms with E-state index in [0.717, 1.165) is 30.3 Å². The van der Waals surface area contributed by atoms with Gasteiger partial charge < -0.3 is 5.32 Å². The number of amides is 1. The van der Waals surface area contributed by atoms with E-state index in [1.165, 1.54) is 25.7 Å². The molecule has 1 amide bonds. The second kappa shape index (κ2) is 10.2. The van der Waals surface area contributed by atoms with Gasteiger partial charge >= 0.3 is 0 Å². The molecule has 1 fully saturated rings. The summed E-state index contributed by atoms with van der Waals surface area (Å²) >= 11 is 0. The summed E-state index contributed by atoms with van der Waals surface area (Å²) < 4.78 is 3.65. The van der Waals surface area contributed by atoms with Crippen molar-refractivity contribution in [3.8, 4) is 0 Å². The molecule has 7 heteroatoms. The average molecular weight is 458 g/mol.